The topological polar surface area (TPSA) is 96.4 Å². The molecule has 2 fully saturated rings. The van der Waals surface area contributed by atoms with Gasteiger partial charge in [-0.05, 0) is 67.7 Å². The molecule has 0 bridgehead atoms. The third-order valence-corrected chi connectivity index (χ3v) is 7.94. The largest absolute Gasteiger partial charge is 0.479 e. The minimum atomic E-state index is -1.54. The zero-order chi connectivity index (χ0) is 27.2. The molecule has 1 saturated carbocycles. The van der Waals surface area contributed by atoms with Crippen LogP contribution in [0.3, 0.4) is 0 Å². The van der Waals surface area contributed by atoms with Crippen molar-refractivity contribution in [3.63, 3.8) is 0 Å². The SMILES string of the molecule is CC1CC(CN(C(=O)OCC2c3ccccc3-c3ccccc32)C2(C(=O)O)CN(C(=O)OC(C)(C)C)C2)C1. The molecule has 5 rings (SSSR count). The summed E-state index contributed by atoms with van der Waals surface area (Å²) in [5.41, 5.74) is 2.19. The van der Waals surface area contributed by atoms with Crippen molar-refractivity contribution in [2.75, 3.05) is 26.2 Å². The molecular formula is C30H36N2O6. The van der Waals surface area contributed by atoms with Gasteiger partial charge in [0.25, 0.3) is 0 Å². The van der Waals surface area contributed by atoms with Crippen molar-refractivity contribution >= 4 is 18.2 Å². The van der Waals surface area contributed by atoms with Crippen LogP contribution in [0, 0.1) is 11.8 Å². The molecule has 8 nitrogen and oxygen atoms in total. The fourth-order valence-electron chi connectivity index (χ4n) is 6.03. The summed E-state index contributed by atoms with van der Waals surface area (Å²) in [4.78, 5) is 41.5. The zero-order valence-electron chi connectivity index (χ0n) is 22.5. The lowest BCUT2D eigenvalue weighted by Crippen LogP contribution is -2.76. The Balaban J connectivity index is 1.35. The van der Waals surface area contributed by atoms with Crippen LogP contribution in [-0.2, 0) is 14.3 Å². The van der Waals surface area contributed by atoms with E-state index in [4.69, 9.17) is 9.47 Å². The van der Waals surface area contributed by atoms with Crippen LogP contribution in [0.5, 0.6) is 0 Å². The quantitative estimate of drug-likeness (QED) is 0.551. The second-order valence-corrected chi connectivity index (χ2v) is 12.0. The molecule has 38 heavy (non-hydrogen) atoms. The van der Waals surface area contributed by atoms with E-state index in [-0.39, 0.29) is 38.1 Å². The molecule has 2 aliphatic carbocycles. The minimum absolute atomic E-state index is 0.107. The van der Waals surface area contributed by atoms with Crippen molar-refractivity contribution in [1.29, 1.82) is 0 Å². The average Bonchev–Trinajstić information content (AvgIpc) is 3.12. The van der Waals surface area contributed by atoms with E-state index in [1.165, 1.54) is 9.80 Å². The van der Waals surface area contributed by atoms with E-state index in [1.54, 1.807) is 20.8 Å². The summed E-state index contributed by atoms with van der Waals surface area (Å²) in [6, 6.07) is 16.2. The minimum Gasteiger partial charge on any atom is -0.479 e. The number of fused-ring (bicyclic) bond motifs is 3. The maximum absolute atomic E-state index is 13.6. The van der Waals surface area contributed by atoms with Gasteiger partial charge < -0.3 is 19.5 Å². The van der Waals surface area contributed by atoms with Crippen molar-refractivity contribution in [2.45, 2.75) is 57.6 Å². The number of hydrogen-bond acceptors (Lipinski definition) is 5. The number of carboxylic acids is 1. The summed E-state index contributed by atoms with van der Waals surface area (Å²) >= 11 is 0. The van der Waals surface area contributed by atoms with Gasteiger partial charge in [0.1, 0.15) is 12.2 Å². The first-order chi connectivity index (χ1) is 18.0. The van der Waals surface area contributed by atoms with Gasteiger partial charge in [0.2, 0.25) is 0 Å². The number of aliphatic carboxylic acids is 1. The van der Waals surface area contributed by atoms with Crippen molar-refractivity contribution in [3.05, 3.63) is 59.7 Å². The highest BCUT2D eigenvalue weighted by atomic mass is 16.6. The Morgan fingerprint density at radius 2 is 1.55 bits per heavy atom. The predicted molar refractivity (Wildman–Crippen MR) is 142 cm³/mol. The molecule has 2 amide bonds. The Hall–Kier alpha value is -3.55. The Kier molecular flexibility index (Phi) is 6.61. The molecule has 0 spiro atoms. The van der Waals surface area contributed by atoms with Gasteiger partial charge >= 0.3 is 18.2 Å². The fourth-order valence-corrected chi connectivity index (χ4v) is 6.03. The van der Waals surface area contributed by atoms with E-state index in [2.05, 4.69) is 19.1 Å². The molecule has 1 heterocycles. The average molecular weight is 521 g/mol. The van der Waals surface area contributed by atoms with Crippen LogP contribution in [0.25, 0.3) is 11.1 Å². The highest BCUT2D eigenvalue weighted by Gasteiger charge is 2.59. The van der Waals surface area contributed by atoms with Gasteiger partial charge in [0, 0.05) is 12.5 Å². The summed E-state index contributed by atoms with van der Waals surface area (Å²) in [5.74, 6) is -0.516. The van der Waals surface area contributed by atoms with Gasteiger partial charge in [-0.1, -0.05) is 55.5 Å². The number of ether oxygens (including phenoxy) is 2. The normalized spacial score (nSPS) is 21.4. The number of carboxylic acid groups (broad SMARTS) is 1. The van der Waals surface area contributed by atoms with Crippen molar-refractivity contribution < 1.29 is 29.0 Å². The van der Waals surface area contributed by atoms with Crippen molar-refractivity contribution in [2.24, 2.45) is 11.8 Å². The van der Waals surface area contributed by atoms with Crippen LogP contribution in [-0.4, -0.2) is 70.4 Å². The summed E-state index contributed by atoms with van der Waals surface area (Å²) in [6.07, 6.45) is 0.619. The smallest absolute Gasteiger partial charge is 0.410 e. The summed E-state index contributed by atoms with van der Waals surface area (Å²) in [7, 11) is 0. The monoisotopic (exact) mass is 520 g/mol. The number of likely N-dealkylation sites (tertiary alicyclic amines) is 1. The Labute approximate surface area is 223 Å². The molecule has 3 aliphatic rings. The van der Waals surface area contributed by atoms with Gasteiger partial charge in [0.05, 0.1) is 13.1 Å². The summed E-state index contributed by atoms with van der Waals surface area (Å²) in [6.45, 7) is 7.55. The van der Waals surface area contributed by atoms with Crippen LogP contribution < -0.4 is 0 Å². The van der Waals surface area contributed by atoms with Crippen molar-refractivity contribution in [1.82, 2.24) is 9.80 Å². The van der Waals surface area contributed by atoms with Crippen LogP contribution in [0.15, 0.2) is 48.5 Å². The molecule has 0 aromatic heterocycles. The Bertz CT molecular complexity index is 1190. The van der Waals surface area contributed by atoms with Crippen LogP contribution >= 0.6 is 0 Å². The molecule has 2 aromatic carbocycles. The Morgan fingerprint density at radius 3 is 2.05 bits per heavy atom. The first kappa shape index (κ1) is 26.1. The van der Waals surface area contributed by atoms with Gasteiger partial charge in [0.15, 0.2) is 5.54 Å². The number of amides is 2. The van der Waals surface area contributed by atoms with Gasteiger partial charge in [-0.25, -0.2) is 14.4 Å². The van der Waals surface area contributed by atoms with Crippen LogP contribution in [0.2, 0.25) is 0 Å². The molecule has 1 saturated heterocycles. The third-order valence-electron chi connectivity index (χ3n) is 7.94. The number of rotatable bonds is 6. The number of benzene rings is 2. The lowest BCUT2D eigenvalue weighted by atomic mass is 9.75. The molecule has 0 unspecified atom stereocenters. The number of hydrogen-bond donors (Lipinski definition) is 1. The number of carbonyl (C=O) groups is 3. The zero-order valence-corrected chi connectivity index (χ0v) is 22.5. The van der Waals surface area contributed by atoms with Crippen LogP contribution in [0.1, 0.15) is 57.6 Å². The highest BCUT2D eigenvalue weighted by Crippen LogP contribution is 2.45. The second kappa shape index (κ2) is 9.64. The van der Waals surface area contributed by atoms with Gasteiger partial charge in [-0.2, -0.15) is 0 Å². The molecule has 0 radical (unpaired) electrons. The molecule has 2 aromatic rings. The lowest BCUT2D eigenvalue weighted by Gasteiger charge is -2.53. The molecule has 1 aliphatic heterocycles. The number of nitrogens with zero attached hydrogens (tertiary/aromatic N) is 2. The predicted octanol–water partition coefficient (Wildman–Crippen LogP) is 5.36. The molecule has 202 valence electrons. The van der Waals surface area contributed by atoms with Crippen molar-refractivity contribution in [3.8, 4) is 11.1 Å². The van der Waals surface area contributed by atoms with E-state index in [9.17, 15) is 19.5 Å². The van der Waals surface area contributed by atoms with E-state index >= 15 is 0 Å². The fraction of sp³-hybridized carbons (Fsp3) is 0.500. The summed E-state index contributed by atoms with van der Waals surface area (Å²) in [5, 5.41) is 10.3. The molecule has 1 N–H and O–H groups in total. The molecule has 0 atom stereocenters. The second-order valence-electron chi connectivity index (χ2n) is 12.0. The first-order valence-corrected chi connectivity index (χ1v) is 13.3. The lowest BCUT2D eigenvalue weighted by molar-refractivity contribution is -0.163. The Morgan fingerprint density at radius 1 is 1.00 bits per heavy atom. The number of carbonyl (C=O) groups excluding carboxylic acids is 2. The van der Waals surface area contributed by atoms with Gasteiger partial charge in [-0.3, -0.25) is 4.90 Å². The van der Waals surface area contributed by atoms with E-state index < -0.39 is 29.3 Å². The standard InChI is InChI=1S/C30H36N2O6/c1-19-13-20(14-19)15-32(30(26(33)34)17-31(18-30)27(35)38-29(2,3)4)28(36)37-16-25-23-11-7-5-9-21(23)22-10-6-8-12-24(22)25/h5-12,19-20,25H,13-18H2,1-4H3,(H,33,34). The molecule has 8 heteroatoms. The van der Waals surface area contributed by atoms with E-state index in [0.717, 1.165) is 35.1 Å². The third kappa shape index (κ3) is 4.72. The van der Waals surface area contributed by atoms with Crippen LogP contribution in [0.4, 0.5) is 9.59 Å². The maximum atomic E-state index is 13.6. The summed E-state index contributed by atoms with van der Waals surface area (Å²) < 4.78 is 11.3. The van der Waals surface area contributed by atoms with Gasteiger partial charge in [-0.15, -0.1) is 0 Å². The first-order valence-electron chi connectivity index (χ1n) is 13.3. The molecular weight excluding hydrogens is 484 g/mol. The van der Waals surface area contributed by atoms with E-state index in [0.29, 0.717) is 5.92 Å². The highest BCUT2D eigenvalue weighted by molar-refractivity contribution is 5.89. The van der Waals surface area contributed by atoms with E-state index in [1.807, 2.05) is 36.4 Å². The maximum Gasteiger partial charge on any atom is 0.410 e.